The average Bonchev–Trinajstić information content (AvgIpc) is 3.52. The molecule has 3 aromatic carbocycles. The normalized spacial score (nSPS) is 9.68. The molecular weight excluding hydrogens is 591 g/mol. The van der Waals surface area contributed by atoms with E-state index in [2.05, 4.69) is 85.4 Å². The number of rotatable bonds is 5. The van der Waals surface area contributed by atoms with Crippen molar-refractivity contribution in [2.24, 2.45) is 0 Å². The molecule has 0 amide bonds. The van der Waals surface area contributed by atoms with E-state index in [1.54, 1.807) is 23.3 Å². The van der Waals surface area contributed by atoms with Crippen LogP contribution in [0.5, 0.6) is 0 Å². The summed E-state index contributed by atoms with van der Waals surface area (Å²) in [6.45, 7) is 8.94. The molecule has 5 rings (SSSR count). The van der Waals surface area contributed by atoms with E-state index in [-0.39, 0.29) is 30.2 Å². The Kier molecular flexibility index (Phi) is 15.8. The fraction of sp³-hybridized carbons (Fsp3) is 0.226. The van der Waals surface area contributed by atoms with Crippen molar-refractivity contribution in [3.63, 3.8) is 0 Å². The van der Waals surface area contributed by atoms with E-state index in [1.165, 1.54) is 40.3 Å². The third-order valence-electron chi connectivity index (χ3n) is 5.43. The summed E-state index contributed by atoms with van der Waals surface area (Å²) in [4.78, 5) is 9.11. The number of unbranched alkanes of at least 4 members (excludes halogenated alkanes) is 1. The number of halogens is 2. The van der Waals surface area contributed by atoms with Gasteiger partial charge in [-0.05, 0) is 41.8 Å². The standard InChI is InChI=1S/C23H21N2.C6H7.C2H6Si.2ClH.Zr/c1-2-3-8-17-13-18-15-19(22-9-4-6-11-24-22)16-21(20(18)14-17)23-10-5-7-12-25-23;1-6-4-2-3-5-6;1-3-2;;;/h4-7,9-16H,2-3,8H2,1H3;2-5H,1H3;1-2H3;2*1H;/q2*-1;;;;+2/p-2. The van der Waals surface area contributed by atoms with Gasteiger partial charge >= 0.3 is 41.9 Å². The van der Waals surface area contributed by atoms with Gasteiger partial charge < -0.3 is 24.8 Å². The SMILES string of the molecule is CCCCc1cc2c(-c3ccccn3)cc(-c3ccccn3)cc2[cH-]1.C[Si](C)=[Zr+2].C[c-]1cccc1.[Cl-].[Cl-]. The van der Waals surface area contributed by atoms with Gasteiger partial charge in [-0.15, -0.1) is 28.5 Å². The molecule has 0 atom stereocenters. The van der Waals surface area contributed by atoms with E-state index < -0.39 is 0 Å². The summed E-state index contributed by atoms with van der Waals surface area (Å²) in [5.41, 5.74) is 7.29. The fourth-order valence-corrected chi connectivity index (χ4v) is 3.79. The van der Waals surface area contributed by atoms with Gasteiger partial charge in [0.05, 0.1) is 11.4 Å². The van der Waals surface area contributed by atoms with Crippen LogP contribution in [-0.4, -0.2) is 15.4 Å². The van der Waals surface area contributed by atoms with Crippen molar-refractivity contribution in [1.82, 2.24) is 9.97 Å². The Hall–Kier alpha value is -1.84. The molecule has 2 heterocycles. The van der Waals surface area contributed by atoms with Crippen molar-refractivity contribution < 1.29 is 48.1 Å². The first-order valence-corrected chi connectivity index (χ1v) is 18.4. The molecule has 0 saturated heterocycles. The van der Waals surface area contributed by atoms with Crippen LogP contribution in [0, 0.1) is 6.92 Å². The summed E-state index contributed by atoms with van der Waals surface area (Å²) in [5, 5.41) is 2.55. The summed E-state index contributed by atoms with van der Waals surface area (Å²) < 4.78 is 0. The van der Waals surface area contributed by atoms with Crippen LogP contribution in [0.15, 0.2) is 97.3 Å². The minimum Gasteiger partial charge on any atom is -1.00 e. The monoisotopic (exact) mass is 622 g/mol. The van der Waals surface area contributed by atoms with Crippen LogP contribution in [0.1, 0.15) is 30.9 Å². The Morgan fingerprint density at radius 3 is 1.95 bits per heavy atom. The number of pyridine rings is 2. The maximum atomic E-state index is 4.58. The maximum Gasteiger partial charge on any atom is -0.0860 e. The molecule has 6 heteroatoms. The average molecular weight is 625 g/mol. The first kappa shape index (κ1) is 33.2. The van der Waals surface area contributed by atoms with Gasteiger partial charge in [0.25, 0.3) is 0 Å². The Labute approximate surface area is 249 Å². The molecule has 2 nitrogen and oxygen atoms in total. The zero-order valence-electron chi connectivity index (χ0n) is 22.0. The van der Waals surface area contributed by atoms with Crippen LogP contribution in [0.3, 0.4) is 0 Å². The largest absolute Gasteiger partial charge is 1.00 e. The third kappa shape index (κ3) is 10.8. The van der Waals surface area contributed by atoms with E-state index in [0.29, 0.717) is 0 Å². The third-order valence-corrected chi connectivity index (χ3v) is 5.43. The second kappa shape index (κ2) is 17.6. The quantitative estimate of drug-likeness (QED) is 0.222. The first-order valence-electron chi connectivity index (χ1n) is 12.2. The second-order valence-corrected chi connectivity index (χ2v) is 18.3. The van der Waals surface area contributed by atoms with E-state index in [1.807, 2.05) is 48.8 Å². The molecule has 0 unspecified atom stereocenters. The molecule has 0 fully saturated rings. The zero-order chi connectivity index (χ0) is 25.0. The Bertz CT molecular complexity index is 1310. The summed E-state index contributed by atoms with van der Waals surface area (Å²) in [7, 11) is 0. The summed E-state index contributed by atoms with van der Waals surface area (Å²) in [6.07, 6.45) is 7.27. The topological polar surface area (TPSA) is 25.8 Å². The first-order chi connectivity index (χ1) is 17.0. The van der Waals surface area contributed by atoms with Crippen LogP contribution in [0.25, 0.3) is 33.3 Å². The summed E-state index contributed by atoms with van der Waals surface area (Å²) >= 11 is 1.74. The Morgan fingerprint density at radius 1 is 0.865 bits per heavy atom. The number of aromatic nitrogens is 2. The van der Waals surface area contributed by atoms with E-state index in [4.69, 9.17) is 0 Å². The molecule has 0 N–H and O–H groups in total. The van der Waals surface area contributed by atoms with E-state index in [0.717, 1.165) is 23.4 Å². The Morgan fingerprint density at radius 2 is 1.46 bits per heavy atom. The molecule has 0 aliphatic carbocycles. The number of hydrogen-bond acceptors (Lipinski definition) is 2. The summed E-state index contributed by atoms with van der Waals surface area (Å²) in [6, 6.07) is 29.5. The van der Waals surface area contributed by atoms with Crippen LogP contribution in [0.2, 0.25) is 13.1 Å². The second-order valence-electron chi connectivity index (χ2n) is 8.89. The van der Waals surface area contributed by atoms with Gasteiger partial charge in [0, 0.05) is 12.4 Å². The van der Waals surface area contributed by atoms with Crippen molar-refractivity contribution in [3.8, 4) is 22.5 Å². The molecule has 0 aliphatic heterocycles. The van der Waals surface area contributed by atoms with Gasteiger partial charge in [-0.3, -0.25) is 9.97 Å². The molecule has 0 radical (unpaired) electrons. The predicted octanol–water partition coefficient (Wildman–Crippen LogP) is 2.53. The number of hydrogen-bond donors (Lipinski definition) is 0. The van der Waals surface area contributed by atoms with Gasteiger partial charge in [-0.25, -0.2) is 12.1 Å². The molecular formula is C31H34Cl2N2SiZr-2. The maximum absolute atomic E-state index is 4.58. The van der Waals surface area contributed by atoms with E-state index in [9.17, 15) is 0 Å². The van der Waals surface area contributed by atoms with Gasteiger partial charge in [0.2, 0.25) is 0 Å². The van der Waals surface area contributed by atoms with Gasteiger partial charge in [-0.1, -0.05) is 44.9 Å². The molecule has 0 saturated carbocycles. The van der Waals surface area contributed by atoms with Gasteiger partial charge in [-0.2, -0.15) is 23.8 Å². The Balaban J connectivity index is 0.000000484. The molecule has 0 aliphatic rings. The van der Waals surface area contributed by atoms with Crippen LogP contribution < -0.4 is 24.8 Å². The van der Waals surface area contributed by atoms with Crippen LogP contribution >= 0.6 is 0 Å². The minimum atomic E-state index is 0. The molecule has 2 aromatic heterocycles. The van der Waals surface area contributed by atoms with E-state index >= 15 is 0 Å². The minimum absolute atomic E-state index is 0. The van der Waals surface area contributed by atoms with Crippen molar-refractivity contribution in [3.05, 3.63) is 108 Å². The molecule has 0 bridgehead atoms. The number of nitrogens with zero attached hydrogens (tertiary/aromatic N) is 2. The van der Waals surface area contributed by atoms with Crippen molar-refractivity contribution in [2.45, 2.75) is 46.2 Å². The zero-order valence-corrected chi connectivity index (χ0v) is 27.0. The predicted molar refractivity (Wildman–Crippen MR) is 149 cm³/mol. The van der Waals surface area contributed by atoms with Gasteiger partial charge in [0.1, 0.15) is 0 Å². The summed E-state index contributed by atoms with van der Waals surface area (Å²) in [5.74, 6) is 0. The smallest absolute Gasteiger partial charge is 0.0860 e. The van der Waals surface area contributed by atoms with Gasteiger partial charge in [0.15, 0.2) is 0 Å². The molecule has 192 valence electrons. The number of fused-ring (bicyclic) bond motifs is 1. The number of benzene rings is 1. The molecule has 0 spiro atoms. The van der Waals surface area contributed by atoms with Crippen molar-refractivity contribution in [2.75, 3.05) is 0 Å². The fourth-order valence-electron chi connectivity index (χ4n) is 3.79. The van der Waals surface area contributed by atoms with Crippen molar-refractivity contribution in [1.29, 1.82) is 0 Å². The van der Waals surface area contributed by atoms with Crippen molar-refractivity contribution >= 4 is 16.2 Å². The number of aryl methyl sites for hydroxylation is 2. The molecule has 5 aromatic rings. The molecule has 37 heavy (non-hydrogen) atoms. The van der Waals surface area contributed by atoms with Crippen LogP contribution in [0.4, 0.5) is 0 Å². The van der Waals surface area contributed by atoms with Crippen LogP contribution in [-0.2, 0) is 29.8 Å².